The van der Waals surface area contributed by atoms with Gasteiger partial charge in [0.05, 0.1) is 6.54 Å². The summed E-state index contributed by atoms with van der Waals surface area (Å²) in [7, 11) is -0.424. The molecule has 0 saturated carbocycles. The normalized spacial score (nSPS) is 12.1. The van der Waals surface area contributed by atoms with E-state index in [0.717, 1.165) is 21.1 Å². The van der Waals surface area contributed by atoms with Gasteiger partial charge in [-0.15, -0.1) is 22.7 Å². The van der Waals surface area contributed by atoms with E-state index in [4.69, 9.17) is 0 Å². The van der Waals surface area contributed by atoms with E-state index < -0.39 is 10.0 Å². The number of carbonyl (C=O) groups is 1. The summed E-state index contributed by atoms with van der Waals surface area (Å²) < 4.78 is 25.4. The van der Waals surface area contributed by atoms with Gasteiger partial charge in [-0.3, -0.25) is 4.79 Å². The van der Waals surface area contributed by atoms with Crippen molar-refractivity contribution in [1.82, 2.24) is 9.62 Å². The van der Waals surface area contributed by atoms with Gasteiger partial charge < -0.3 is 5.32 Å². The SMILES string of the molecule is CN(C)S(=O)(=O)c1ccc(CNC(=O)/C=C/c2cccs2)s1. The number of nitrogens with zero attached hydrogens (tertiary/aromatic N) is 1. The summed E-state index contributed by atoms with van der Waals surface area (Å²) in [6, 6.07) is 7.11. The minimum atomic E-state index is -3.41. The molecule has 0 aliphatic heterocycles. The molecule has 0 unspecified atom stereocenters. The highest BCUT2D eigenvalue weighted by Gasteiger charge is 2.19. The van der Waals surface area contributed by atoms with E-state index in [1.54, 1.807) is 29.5 Å². The fraction of sp³-hybridized carbons (Fsp3) is 0.214. The van der Waals surface area contributed by atoms with E-state index in [-0.39, 0.29) is 10.1 Å². The molecule has 0 atom stereocenters. The van der Waals surface area contributed by atoms with Crippen LogP contribution in [0.4, 0.5) is 0 Å². The maximum atomic E-state index is 12.0. The number of thiophene rings is 2. The zero-order valence-corrected chi connectivity index (χ0v) is 14.6. The molecule has 0 aliphatic rings. The van der Waals surface area contributed by atoms with E-state index >= 15 is 0 Å². The molecule has 0 radical (unpaired) electrons. The van der Waals surface area contributed by atoms with Crippen molar-refractivity contribution in [2.75, 3.05) is 14.1 Å². The van der Waals surface area contributed by atoms with Crippen molar-refractivity contribution in [3.63, 3.8) is 0 Å². The standard InChI is InChI=1S/C14H16N2O3S3/c1-16(2)22(18,19)14-8-6-12(21-14)10-15-13(17)7-5-11-4-3-9-20-11/h3-9H,10H2,1-2H3,(H,15,17)/b7-5+. The molecule has 0 saturated heterocycles. The minimum absolute atomic E-state index is 0.209. The Balaban J connectivity index is 1.93. The summed E-state index contributed by atoms with van der Waals surface area (Å²) in [5, 5.41) is 4.68. The van der Waals surface area contributed by atoms with Gasteiger partial charge in [-0.1, -0.05) is 6.07 Å². The molecule has 0 aliphatic carbocycles. The highest BCUT2D eigenvalue weighted by molar-refractivity contribution is 7.91. The van der Waals surface area contributed by atoms with Crippen LogP contribution < -0.4 is 5.32 Å². The minimum Gasteiger partial charge on any atom is -0.348 e. The van der Waals surface area contributed by atoms with Gasteiger partial charge in [0.15, 0.2) is 0 Å². The van der Waals surface area contributed by atoms with Crippen LogP contribution in [0.1, 0.15) is 9.75 Å². The molecule has 8 heteroatoms. The van der Waals surface area contributed by atoms with Gasteiger partial charge in [0.1, 0.15) is 4.21 Å². The van der Waals surface area contributed by atoms with E-state index in [2.05, 4.69) is 5.32 Å². The molecule has 0 spiro atoms. The van der Waals surface area contributed by atoms with Crippen molar-refractivity contribution in [3.8, 4) is 0 Å². The molecule has 1 amide bonds. The molecular formula is C14H16N2O3S3. The van der Waals surface area contributed by atoms with Crippen molar-refractivity contribution < 1.29 is 13.2 Å². The van der Waals surface area contributed by atoms with Crippen molar-refractivity contribution in [1.29, 1.82) is 0 Å². The number of carbonyl (C=O) groups excluding carboxylic acids is 1. The Labute approximate surface area is 138 Å². The third kappa shape index (κ3) is 4.26. The van der Waals surface area contributed by atoms with Crippen molar-refractivity contribution >= 4 is 44.7 Å². The molecule has 0 aromatic carbocycles. The Kier molecular flexibility index (Phi) is 5.52. The predicted molar refractivity (Wildman–Crippen MR) is 90.4 cm³/mol. The molecule has 2 heterocycles. The number of sulfonamides is 1. The smallest absolute Gasteiger partial charge is 0.252 e. The van der Waals surface area contributed by atoms with Crippen LogP contribution >= 0.6 is 22.7 Å². The quantitative estimate of drug-likeness (QED) is 0.808. The van der Waals surface area contributed by atoms with Crippen LogP contribution in [-0.4, -0.2) is 32.7 Å². The average molecular weight is 356 g/mol. The second-order valence-electron chi connectivity index (χ2n) is 4.57. The molecule has 118 valence electrons. The van der Waals surface area contributed by atoms with Gasteiger partial charge in [-0.2, -0.15) is 0 Å². The molecule has 22 heavy (non-hydrogen) atoms. The van der Waals surface area contributed by atoms with E-state index in [9.17, 15) is 13.2 Å². The first-order valence-electron chi connectivity index (χ1n) is 6.40. The number of hydrogen-bond donors (Lipinski definition) is 1. The van der Waals surface area contributed by atoms with Crippen LogP contribution in [0.15, 0.2) is 39.9 Å². The van der Waals surface area contributed by atoms with E-state index in [1.807, 2.05) is 17.5 Å². The molecule has 0 bridgehead atoms. The maximum Gasteiger partial charge on any atom is 0.252 e. The zero-order chi connectivity index (χ0) is 16.2. The Morgan fingerprint density at radius 1 is 1.32 bits per heavy atom. The second-order valence-corrected chi connectivity index (χ2v) is 9.10. The summed E-state index contributed by atoms with van der Waals surface area (Å²) in [4.78, 5) is 13.5. The topological polar surface area (TPSA) is 66.5 Å². The number of hydrogen-bond acceptors (Lipinski definition) is 5. The first-order valence-corrected chi connectivity index (χ1v) is 9.54. The van der Waals surface area contributed by atoms with Crippen LogP contribution in [0.5, 0.6) is 0 Å². The fourth-order valence-electron chi connectivity index (χ4n) is 1.55. The summed E-state index contributed by atoms with van der Waals surface area (Å²) in [6.45, 7) is 0.307. The van der Waals surface area contributed by atoms with Gasteiger partial charge in [-0.25, -0.2) is 12.7 Å². The third-order valence-corrected chi connectivity index (χ3v) is 6.96. The van der Waals surface area contributed by atoms with Gasteiger partial charge in [0.25, 0.3) is 10.0 Å². The Bertz CT molecular complexity index is 759. The molecule has 2 rings (SSSR count). The second kappa shape index (κ2) is 7.19. The van der Waals surface area contributed by atoms with Crippen molar-refractivity contribution in [3.05, 3.63) is 45.5 Å². The highest BCUT2D eigenvalue weighted by Crippen LogP contribution is 2.23. The van der Waals surface area contributed by atoms with E-state index in [0.29, 0.717) is 6.54 Å². The zero-order valence-electron chi connectivity index (χ0n) is 12.1. The molecule has 0 fully saturated rings. The first kappa shape index (κ1) is 16.9. The van der Waals surface area contributed by atoms with Gasteiger partial charge in [0, 0.05) is 29.9 Å². The van der Waals surface area contributed by atoms with Gasteiger partial charge >= 0.3 is 0 Å². The van der Waals surface area contributed by atoms with Crippen LogP contribution in [0.3, 0.4) is 0 Å². The Morgan fingerprint density at radius 2 is 2.09 bits per heavy atom. The number of nitrogens with one attached hydrogen (secondary N) is 1. The average Bonchev–Trinajstić information content (AvgIpc) is 3.14. The summed E-state index contributed by atoms with van der Waals surface area (Å²) in [6.07, 6.45) is 3.22. The largest absolute Gasteiger partial charge is 0.348 e. The van der Waals surface area contributed by atoms with Crippen LogP contribution in [0, 0.1) is 0 Å². The lowest BCUT2D eigenvalue weighted by atomic mass is 10.4. The molecule has 5 nitrogen and oxygen atoms in total. The van der Waals surface area contributed by atoms with Gasteiger partial charge in [0.2, 0.25) is 5.91 Å². The lowest BCUT2D eigenvalue weighted by molar-refractivity contribution is -0.116. The van der Waals surface area contributed by atoms with E-state index in [1.165, 1.54) is 24.5 Å². The van der Waals surface area contributed by atoms with Crippen molar-refractivity contribution in [2.45, 2.75) is 10.8 Å². The van der Waals surface area contributed by atoms with Crippen LogP contribution in [0.25, 0.3) is 6.08 Å². The van der Waals surface area contributed by atoms with Crippen molar-refractivity contribution in [2.24, 2.45) is 0 Å². The highest BCUT2D eigenvalue weighted by atomic mass is 32.2. The van der Waals surface area contributed by atoms with Gasteiger partial charge in [-0.05, 0) is 29.7 Å². The van der Waals surface area contributed by atoms with Crippen LogP contribution in [-0.2, 0) is 21.4 Å². The molecular weight excluding hydrogens is 340 g/mol. The molecule has 1 N–H and O–H groups in total. The first-order chi connectivity index (χ1) is 10.4. The molecule has 2 aromatic rings. The predicted octanol–water partition coefficient (Wildman–Crippen LogP) is 2.39. The number of amides is 1. The molecule has 2 aromatic heterocycles. The van der Waals surface area contributed by atoms with Crippen LogP contribution in [0.2, 0.25) is 0 Å². The Morgan fingerprint density at radius 3 is 2.73 bits per heavy atom. The fourth-order valence-corrected chi connectivity index (χ4v) is 4.63. The monoisotopic (exact) mass is 356 g/mol. The summed E-state index contributed by atoms with van der Waals surface area (Å²) in [5.74, 6) is -0.209. The lowest BCUT2D eigenvalue weighted by Crippen LogP contribution is -2.21. The Hall–Kier alpha value is -1.48. The maximum absolute atomic E-state index is 12.0. The number of rotatable bonds is 6. The third-order valence-electron chi connectivity index (χ3n) is 2.75. The summed E-state index contributed by atoms with van der Waals surface area (Å²) in [5.41, 5.74) is 0. The lowest BCUT2D eigenvalue weighted by Gasteiger charge is -2.08. The summed E-state index contributed by atoms with van der Waals surface area (Å²) >= 11 is 2.71.